The van der Waals surface area contributed by atoms with Gasteiger partial charge in [-0.05, 0) is 44.4 Å². The van der Waals surface area contributed by atoms with Gasteiger partial charge in [0.2, 0.25) is 11.8 Å². The van der Waals surface area contributed by atoms with Crippen LogP contribution in [0.15, 0.2) is 0 Å². The van der Waals surface area contributed by atoms with E-state index < -0.39 is 0 Å². The number of hydrogen-bond donors (Lipinski definition) is 0. The third-order valence-electron chi connectivity index (χ3n) is 5.11. The Labute approximate surface area is 121 Å². The van der Waals surface area contributed by atoms with E-state index in [1.807, 2.05) is 16.7 Å². The molecule has 112 valence electrons. The van der Waals surface area contributed by atoms with Gasteiger partial charge in [-0.2, -0.15) is 0 Å². The van der Waals surface area contributed by atoms with E-state index in [9.17, 15) is 9.59 Å². The Balaban J connectivity index is 1.68. The highest BCUT2D eigenvalue weighted by molar-refractivity contribution is 5.97. The van der Waals surface area contributed by atoms with E-state index in [2.05, 4.69) is 0 Å². The molecule has 1 aliphatic carbocycles. The SMILES string of the molecule is CCC1C(=O)N2CCCCC2C(=O)N1CCCC1CC1. The maximum Gasteiger partial charge on any atom is 0.246 e. The number of fused-ring (bicyclic) bond motifs is 1. The quantitative estimate of drug-likeness (QED) is 0.773. The second-order valence-corrected chi connectivity index (χ2v) is 6.58. The second-order valence-electron chi connectivity index (χ2n) is 6.58. The molecular formula is C16H26N2O2. The lowest BCUT2D eigenvalue weighted by molar-refractivity contribution is -0.164. The number of hydrogen-bond acceptors (Lipinski definition) is 2. The number of rotatable bonds is 5. The average Bonchev–Trinajstić information content (AvgIpc) is 3.28. The summed E-state index contributed by atoms with van der Waals surface area (Å²) in [5, 5.41) is 0. The first-order chi connectivity index (χ1) is 9.72. The van der Waals surface area contributed by atoms with Gasteiger partial charge >= 0.3 is 0 Å². The summed E-state index contributed by atoms with van der Waals surface area (Å²) in [6.45, 7) is 3.58. The maximum absolute atomic E-state index is 12.7. The zero-order valence-corrected chi connectivity index (χ0v) is 12.5. The molecule has 2 amide bonds. The van der Waals surface area contributed by atoms with Crippen molar-refractivity contribution < 1.29 is 9.59 Å². The first-order valence-corrected chi connectivity index (χ1v) is 8.33. The van der Waals surface area contributed by atoms with Crippen LogP contribution in [0.5, 0.6) is 0 Å². The Morgan fingerprint density at radius 2 is 1.90 bits per heavy atom. The molecule has 20 heavy (non-hydrogen) atoms. The number of carbonyl (C=O) groups excluding carboxylic acids is 2. The Morgan fingerprint density at radius 1 is 1.10 bits per heavy atom. The average molecular weight is 278 g/mol. The highest BCUT2D eigenvalue weighted by atomic mass is 16.2. The summed E-state index contributed by atoms with van der Waals surface area (Å²) in [5.41, 5.74) is 0. The van der Waals surface area contributed by atoms with Crippen LogP contribution in [0.4, 0.5) is 0 Å². The Morgan fingerprint density at radius 3 is 2.60 bits per heavy atom. The lowest BCUT2D eigenvalue weighted by Gasteiger charge is -2.47. The van der Waals surface area contributed by atoms with Crippen LogP contribution in [0, 0.1) is 5.92 Å². The summed E-state index contributed by atoms with van der Waals surface area (Å²) < 4.78 is 0. The minimum absolute atomic E-state index is 0.153. The van der Waals surface area contributed by atoms with Crippen LogP contribution >= 0.6 is 0 Å². The van der Waals surface area contributed by atoms with Crippen molar-refractivity contribution in [2.75, 3.05) is 13.1 Å². The van der Waals surface area contributed by atoms with Crippen molar-refractivity contribution in [2.45, 2.75) is 70.4 Å². The molecule has 4 heteroatoms. The summed E-state index contributed by atoms with van der Waals surface area (Å²) in [5.74, 6) is 1.31. The second kappa shape index (κ2) is 5.74. The van der Waals surface area contributed by atoms with Crippen molar-refractivity contribution in [3.05, 3.63) is 0 Å². The minimum Gasteiger partial charge on any atom is -0.329 e. The van der Waals surface area contributed by atoms with E-state index in [4.69, 9.17) is 0 Å². The van der Waals surface area contributed by atoms with Crippen LogP contribution in [0.25, 0.3) is 0 Å². The van der Waals surface area contributed by atoms with E-state index >= 15 is 0 Å². The van der Waals surface area contributed by atoms with Crippen molar-refractivity contribution in [3.8, 4) is 0 Å². The predicted octanol–water partition coefficient (Wildman–Crippen LogP) is 2.18. The Bertz CT molecular complexity index is 392. The van der Waals surface area contributed by atoms with Gasteiger partial charge in [0.05, 0.1) is 0 Å². The topological polar surface area (TPSA) is 40.6 Å². The molecule has 4 nitrogen and oxygen atoms in total. The lowest BCUT2D eigenvalue weighted by atomic mass is 9.94. The summed E-state index contributed by atoms with van der Waals surface area (Å²) >= 11 is 0. The molecule has 0 spiro atoms. The van der Waals surface area contributed by atoms with Crippen LogP contribution in [0.3, 0.4) is 0 Å². The summed E-state index contributed by atoms with van der Waals surface area (Å²) in [7, 11) is 0. The van der Waals surface area contributed by atoms with Gasteiger partial charge in [0, 0.05) is 13.1 Å². The molecular weight excluding hydrogens is 252 g/mol. The van der Waals surface area contributed by atoms with Crippen molar-refractivity contribution >= 4 is 11.8 Å². The summed E-state index contributed by atoms with van der Waals surface area (Å²) in [6, 6.07) is -0.351. The Kier molecular flexibility index (Phi) is 3.99. The molecule has 1 saturated carbocycles. The fourth-order valence-electron chi connectivity index (χ4n) is 3.74. The largest absolute Gasteiger partial charge is 0.329 e. The van der Waals surface area contributed by atoms with Gasteiger partial charge in [-0.3, -0.25) is 9.59 Å². The van der Waals surface area contributed by atoms with Gasteiger partial charge in [0.1, 0.15) is 12.1 Å². The number of piperazine rings is 1. The molecule has 2 heterocycles. The Hall–Kier alpha value is -1.06. The van der Waals surface area contributed by atoms with Crippen molar-refractivity contribution in [3.63, 3.8) is 0 Å². The lowest BCUT2D eigenvalue weighted by Crippen LogP contribution is -2.65. The van der Waals surface area contributed by atoms with Crippen molar-refractivity contribution in [1.82, 2.24) is 9.80 Å². The van der Waals surface area contributed by atoms with Crippen LogP contribution < -0.4 is 0 Å². The van der Waals surface area contributed by atoms with E-state index in [1.165, 1.54) is 19.3 Å². The van der Waals surface area contributed by atoms with Crippen molar-refractivity contribution in [2.24, 2.45) is 5.92 Å². The molecule has 0 N–H and O–H groups in total. The summed E-state index contributed by atoms with van der Waals surface area (Å²) in [4.78, 5) is 29.0. The van der Waals surface area contributed by atoms with Crippen LogP contribution in [0.2, 0.25) is 0 Å². The monoisotopic (exact) mass is 278 g/mol. The maximum atomic E-state index is 12.7. The van der Waals surface area contributed by atoms with E-state index in [0.29, 0.717) is 0 Å². The van der Waals surface area contributed by atoms with Gasteiger partial charge in [-0.15, -0.1) is 0 Å². The van der Waals surface area contributed by atoms with E-state index in [0.717, 1.165) is 51.1 Å². The molecule has 0 aromatic heterocycles. The normalized spacial score (nSPS) is 30.6. The first-order valence-electron chi connectivity index (χ1n) is 8.33. The zero-order valence-electron chi connectivity index (χ0n) is 12.5. The molecule has 2 saturated heterocycles. The highest BCUT2D eigenvalue weighted by Crippen LogP contribution is 2.34. The van der Waals surface area contributed by atoms with Gasteiger partial charge in [-0.1, -0.05) is 19.8 Å². The fourth-order valence-corrected chi connectivity index (χ4v) is 3.74. The molecule has 0 aromatic carbocycles. The number of nitrogens with zero attached hydrogens (tertiary/aromatic N) is 2. The molecule has 2 unspecified atom stereocenters. The summed E-state index contributed by atoms with van der Waals surface area (Å²) in [6.07, 6.45) is 8.74. The number of amides is 2. The molecule has 3 aliphatic rings. The zero-order chi connectivity index (χ0) is 14.1. The highest BCUT2D eigenvalue weighted by Gasteiger charge is 2.45. The third kappa shape index (κ3) is 2.57. The molecule has 3 fully saturated rings. The molecule has 0 radical (unpaired) electrons. The fraction of sp³-hybridized carbons (Fsp3) is 0.875. The first kappa shape index (κ1) is 13.9. The standard InChI is InChI=1S/C16H26N2O2/c1-2-13-15(19)18-10-4-3-7-14(18)16(20)17(13)11-5-6-12-8-9-12/h12-14H,2-11H2,1H3. The van der Waals surface area contributed by atoms with Crippen LogP contribution in [0.1, 0.15) is 58.3 Å². The smallest absolute Gasteiger partial charge is 0.246 e. The molecule has 0 bridgehead atoms. The molecule has 3 rings (SSSR count). The molecule has 2 atom stereocenters. The van der Waals surface area contributed by atoms with Gasteiger partial charge in [0.25, 0.3) is 0 Å². The van der Waals surface area contributed by atoms with Crippen molar-refractivity contribution in [1.29, 1.82) is 0 Å². The van der Waals surface area contributed by atoms with Gasteiger partial charge in [0.15, 0.2) is 0 Å². The third-order valence-corrected chi connectivity index (χ3v) is 5.11. The van der Waals surface area contributed by atoms with Gasteiger partial charge in [-0.25, -0.2) is 0 Å². The van der Waals surface area contributed by atoms with Crippen LogP contribution in [-0.4, -0.2) is 46.8 Å². The molecule has 0 aromatic rings. The number of piperidine rings is 1. The van der Waals surface area contributed by atoms with E-state index in [1.54, 1.807) is 0 Å². The predicted molar refractivity (Wildman–Crippen MR) is 77.1 cm³/mol. The number of carbonyl (C=O) groups is 2. The molecule has 2 aliphatic heterocycles. The van der Waals surface area contributed by atoms with E-state index in [-0.39, 0.29) is 23.9 Å². The minimum atomic E-state index is -0.198. The van der Waals surface area contributed by atoms with Gasteiger partial charge < -0.3 is 9.80 Å². The van der Waals surface area contributed by atoms with Crippen LogP contribution in [-0.2, 0) is 9.59 Å².